The quantitative estimate of drug-likeness (QED) is 0.359. The molecule has 0 aromatic carbocycles. The van der Waals surface area contributed by atoms with Crippen LogP contribution in [0.1, 0.15) is 0 Å². The maximum Gasteiger partial charge on any atom is 0.483 e. The second-order valence-electron chi connectivity index (χ2n) is 1.40. The largest absolute Gasteiger partial charge is 0.483 e. The number of carbonyl (C=O) groups excluding carboxylic acids is 1. The minimum absolute atomic E-state index is 1.13. The molecule has 0 rings (SSSR count). The summed E-state index contributed by atoms with van der Waals surface area (Å²) in [5.41, 5.74) is 0. The summed E-state index contributed by atoms with van der Waals surface area (Å²) < 4.78 is 14.2. The molecule has 0 aliphatic carbocycles. The third-order valence-electron chi connectivity index (χ3n) is 0.721. The standard InChI is InChI=1S/C3H3NO.C3H10O3Si/c1-2-4-3-5;1-4-7(5-2)6-3/h2H,1H2;7H,1-3H3. The molecule has 0 aliphatic rings. The molecule has 0 saturated carbocycles. The van der Waals surface area contributed by atoms with Crippen molar-refractivity contribution in [1.82, 2.24) is 0 Å². The maximum absolute atomic E-state index is 9.04. The van der Waals surface area contributed by atoms with E-state index in [-0.39, 0.29) is 0 Å². The fourth-order valence-corrected chi connectivity index (χ4v) is 0.903. The van der Waals surface area contributed by atoms with Crippen LogP contribution in [0.25, 0.3) is 0 Å². The highest BCUT2D eigenvalue weighted by atomic mass is 28.3. The van der Waals surface area contributed by atoms with Crippen LogP contribution in [0.15, 0.2) is 17.8 Å². The van der Waals surface area contributed by atoms with Gasteiger partial charge in [0, 0.05) is 27.5 Å². The molecular weight excluding hydrogens is 178 g/mol. The molecule has 12 heavy (non-hydrogen) atoms. The zero-order valence-electron chi connectivity index (χ0n) is 7.44. The molecule has 0 unspecified atom stereocenters. The van der Waals surface area contributed by atoms with Gasteiger partial charge in [0.25, 0.3) is 0 Å². The first-order chi connectivity index (χ1) is 5.76. The van der Waals surface area contributed by atoms with Gasteiger partial charge in [-0.3, -0.25) is 0 Å². The SMILES string of the molecule is C=CN=C=O.CO[SiH](OC)OC. The van der Waals surface area contributed by atoms with Crippen LogP contribution in [0.3, 0.4) is 0 Å². The Kier molecular flexibility index (Phi) is 14.8. The molecule has 5 nitrogen and oxygen atoms in total. The Bertz CT molecular complexity index is 137. The molecule has 6 heteroatoms. The molecule has 0 atom stereocenters. The summed E-state index contributed by atoms with van der Waals surface area (Å²) in [6, 6.07) is 0. The lowest BCUT2D eigenvalue weighted by Gasteiger charge is -2.05. The molecule has 0 N–H and O–H groups in total. The topological polar surface area (TPSA) is 57.1 Å². The lowest BCUT2D eigenvalue weighted by atomic mass is 11.1. The predicted molar refractivity (Wildman–Crippen MR) is 46.5 cm³/mol. The Balaban J connectivity index is 0. The van der Waals surface area contributed by atoms with Crippen molar-refractivity contribution in [1.29, 1.82) is 0 Å². The van der Waals surface area contributed by atoms with Crippen molar-refractivity contribution < 1.29 is 18.1 Å². The van der Waals surface area contributed by atoms with Gasteiger partial charge in [0.1, 0.15) is 0 Å². The van der Waals surface area contributed by atoms with E-state index in [9.17, 15) is 0 Å². The van der Waals surface area contributed by atoms with Crippen LogP contribution in [0.4, 0.5) is 0 Å². The fourth-order valence-electron chi connectivity index (χ4n) is 0.326. The van der Waals surface area contributed by atoms with E-state index >= 15 is 0 Å². The van der Waals surface area contributed by atoms with E-state index in [2.05, 4.69) is 11.6 Å². The van der Waals surface area contributed by atoms with Crippen LogP contribution in [0.5, 0.6) is 0 Å². The molecule has 0 saturated heterocycles. The zero-order valence-corrected chi connectivity index (χ0v) is 8.60. The van der Waals surface area contributed by atoms with Gasteiger partial charge in [-0.25, -0.2) is 4.79 Å². The van der Waals surface area contributed by atoms with Crippen LogP contribution in [-0.2, 0) is 18.1 Å². The number of hydrogen-bond acceptors (Lipinski definition) is 5. The highest BCUT2D eigenvalue weighted by Gasteiger charge is 2.04. The van der Waals surface area contributed by atoms with Crippen molar-refractivity contribution in [2.75, 3.05) is 21.3 Å². The third kappa shape index (κ3) is 11.9. The summed E-state index contributed by atoms with van der Waals surface area (Å²) in [6.45, 7) is 3.12. The number of nitrogens with zero attached hydrogens (tertiary/aromatic N) is 1. The zero-order chi connectivity index (χ0) is 9.82. The van der Waals surface area contributed by atoms with E-state index in [0.29, 0.717) is 0 Å². The molecule has 0 amide bonds. The lowest BCUT2D eigenvalue weighted by molar-refractivity contribution is 0.163. The van der Waals surface area contributed by atoms with Crippen molar-refractivity contribution >= 4 is 15.6 Å². The Morgan fingerprint density at radius 1 is 1.33 bits per heavy atom. The van der Waals surface area contributed by atoms with Gasteiger partial charge in [0.2, 0.25) is 6.08 Å². The molecule has 0 bridgehead atoms. The van der Waals surface area contributed by atoms with Gasteiger partial charge in [-0.1, -0.05) is 6.58 Å². The molecule has 0 radical (unpaired) electrons. The lowest BCUT2D eigenvalue weighted by Crippen LogP contribution is -2.21. The van der Waals surface area contributed by atoms with Crippen LogP contribution in [0.2, 0.25) is 0 Å². The van der Waals surface area contributed by atoms with Gasteiger partial charge in [-0.2, -0.15) is 4.99 Å². The van der Waals surface area contributed by atoms with E-state index in [0.717, 1.165) is 6.20 Å². The number of aliphatic imine (C=N–C) groups is 1. The molecule has 0 aromatic heterocycles. The van der Waals surface area contributed by atoms with Crippen LogP contribution < -0.4 is 0 Å². The summed E-state index contributed by atoms with van der Waals surface area (Å²) in [4.78, 5) is 12.0. The molecule has 0 aliphatic heterocycles. The van der Waals surface area contributed by atoms with Gasteiger partial charge in [-0.05, 0) is 0 Å². The van der Waals surface area contributed by atoms with Gasteiger partial charge in [0.15, 0.2) is 0 Å². The Morgan fingerprint density at radius 3 is 1.75 bits per heavy atom. The smallest absolute Gasteiger partial charge is 0.379 e. The average molecular weight is 191 g/mol. The molecule has 0 aromatic rings. The third-order valence-corrected chi connectivity index (χ3v) is 1.88. The molecule has 0 heterocycles. The van der Waals surface area contributed by atoms with Crippen molar-refractivity contribution in [3.63, 3.8) is 0 Å². The molecule has 70 valence electrons. The fraction of sp³-hybridized carbons (Fsp3) is 0.500. The summed E-state index contributed by atoms with van der Waals surface area (Å²) in [5.74, 6) is 0. The van der Waals surface area contributed by atoms with E-state index in [1.807, 2.05) is 0 Å². The maximum atomic E-state index is 9.04. The van der Waals surface area contributed by atoms with Gasteiger partial charge >= 0.3 is 9.53 Å². The highest BCUT2D eigenvalue weighted by molar-refractivity contribution is 6.36. The first-order valence-corrected chi connectivity index (χ1v) is 4.44. The average Bonchev–Trinajstić information content (AvgIpc) is 2.10. The Morgan fingerprint density at radius 2 is 1.75 bits per heavy atom. The summed E-state index contributed by atoms with van der Waals surface area (Å²) in [7, 11) is 3.05. The number of hydrogen-bond donors (Lipinski definition) is 0. The Hall–Kier alpha value is -0.783. The van der Waals surface area contributed by atoms with E-state index in [1.165, 1.54) is 6.08 Å². The first kappa shape index (κ1) is 13.8. The van der Waals surface area contributed by atoms with E-state index < -0.39 is 9.53 Å². The van der Waals surface area contributed by atoms with Crippen LogP contribution >= 0.6 is 0 Å². The predicted octanol–water partition coefficient (Wildman–Crippen LogP) is 0.108. The Labute approximate surface area is 73.6 Å². The van der Waals surface area contributed by atoms with E-state index in [4.69, 9.17) is 18.1 Å². The second-order valence-corrected chi connectivity index (χ2v) is 3.39. The van der Waals surface area contributed by atoms with Gasteiger partial charge < -0.3 is 13.3 Å². The normalized spacial score (nSPS) is 8.00. The first-order valence-electron chi connectivity index (χ1n) is 3.03. The molecule has 0 spiro atoms. The van der Waals surface area contributed by atoms with Crippen molar-refractivity contribution in [3.05, 3.63) is 12.8 Å². The molecular formula is C6H13NO4Si. The highest BCUT2D eigenvalue weighted by Crippen LogP contribution is 1.81. The minimum atomic E-state index is -1.67. The summed E-state index contributed by atoms with van der Waals surface area (Å²) in [5, 5.41) is 0. The van der Waals surface area contributed by atoms with Gasteiger partial charge in [0.05, 0.1) is 0 Å². The summed E-state index contributed by atoms with van der Waals surface area (Å²) >= 11 is 0. The van der Waals surface area contributed by atoms with E-state index in [1.54, 1.807) is 21.3 Å². The van der Waals surface area contributed by atoms with Crippen LogP contribution in [0, 0.1) is 0 Å². The molecule has 0 fully saturated rings. The number of isocyanates is 1. The monoisotopic (exact) mass is 191 g/mol. The van der Waals surface area contributed by atoms with Crippen molar-refractivity contribution in [2.45, 2.75) is 0 Å². The minimum Gasteiger partial charge on any atom is -0.379 e. The summed E-state index contributed by atoms with van der Waals surface area (Å²) in [6.07, 6.45) is 2.41. The van der Waals surface area contributed by atoms with Crippen molar-refractivity contribution in [3.8, 4) is 0 Å². The van der Waals surface area contributed by atoms with Crippen LogP contribution in [-0.4, -0.2) is 36.9 Å². The van der Waals surface area contributed by atoms with Crippen molar-refractivity contribution in [2.24, 2.45) is 4.99 Å². The number of rotatable bonds is 4. The van der Waals surface area contributed by atoms with Gasteiger partial charge in [-0.15, -0.1) is 0 Å². The second kappa shape index (κ2) is 12.9.